The predicted molar refractivity (Wildman–Crippen MR) is 89.6 cm³/mol. The maximum Gasteiger partial charge on any atom is 0.416 e. The molecule has 1 aliphatic heterocycles. The smallest absolute Gasteiger partial charge is 0.416 e. The van der Waals surface area contributed by atoms with Crippen molar-refractivity contribution < 1.29 is 33.4 Å². The van der Waals surface area contributed by atoms with E-state index < -0.39 is 36.3 Å². The van der Waals surface area contributed by atoms with Crippen LogP contribution in [0.4, 0.5) is 15.3 Å². The molecule has 0 bridgehead atoms. The van der Waals surface area contributed by atoms with Gasteiger partial charge in [-0.2, -0.15) is 0 Å². The van der Waals surface area contributed by atoms with Gasteiger partial charge >= 0.3 is 18.2 Å². The number of imide groups is 1. The lowest BCUT2D eigenvalue weighted by Gasteiger charge is -2.19. The first-order valence-corrected chi connectivity index (χ1v) is 7.90. The molecule has 1 fully saturated rings. The summed E-state index contributed by atoms with van der Waals surface area (Å²) in [7, 11) is 0. The summed E-state index contributed by atoms with van der Waals surface area (Å²) >= 11 is 0. The van der Waals surface area contributed by atoms with E-state index in [-0.39, 0.29) is 18.7 Å². The number of esters is 1. The van der Waals surface area contributed by atoms with Crippen molar-refractivity contribution in [1.29, 1.82) is 0 Å². The molecule has 1 aromatic rings. The molecule has 1 aliphatic rings. The third-order valence-corrected chi connectivity index (χ3v) is 3.13. The van der Waals surface area contributed by atoms with Crippen LogP contribution in [-0.2, 0) is 19.0 Å². The van der Waals surface area contributed by atoms with Gasteiger partial charge in [-0.05, 0) is 39.0 Å². The Morgan fingerprint density at radius 1 is 1.27 bits per heavy atom. The van der Waals surface area contributed by atoms with Gasteiger partial charge in [0.15, 0.2) is 6.61 Å². The largest absolute Gasteiger partial charge is 0.452 e. The van der Waals surface area contributed by atoms with E-state index in [1.165, 1.54) is 12.1 Å². The first-order chi connectivity index (χ1) is 12.2. The van der Waals surface area contributed by atoms with Crippen LogP contribution in [0, 0.1) is 0 Å². The van der Waals surface area contributed by atoms with Crippen LogP contribution in [0.25, 0.3) is 0 Å². The lowest BCUT2D eigenvalue weighted by atomic mass is 10.2. The lowest BCUT2D eigenvalue weighted by molar-refractivity contribution is -0.131. The Bertz CT molecular complexity index is 724. The quantitative estimate of drug-likeness (QED) is 0.644. The van der Waals surface area contributed by atoms with Crippen LogP contribution in [0.3, 0.4) is 0 Å². The second-order valence-electron chi connectivity index (χ2n) is 6.44. The van der Waals surface area contributed by atoms with Gasteiger partial charge in [0.25, 0.3) is 5.91 Å². The molecule has 0 aromatic heterocycles. The molecule has 140 valence electrons. The number of ether oxygens (including phenoxy) is 3. The number of nitrogens with one attached hydrogen (secondary N) is 1. The zero-order valence-electron chi connectivity index (χ0n) is 14.7. The van der Waals surface area contributed by atoms with E-state index in [9.17, 15) is 19.2 Å². The number of amides is 3. The maximum absolute atomic E-state index is 12.1. The van der Waals surface area contributed by atoms with Crippen LogP contribution in [-0.4, -0.2) is 54.3 Å². The normalized spacial score (nSPS) is 13.8. The van der Waals surface area contributed by atoms with Crippen molar-refractivity contribution in [2.45, 2.75) is 26.4 Å². The van der Waals surface area contributed by atoms with Crippen LogP contribution >= 0.6 is 0 Å². The summed E-state index contributed by atoms with van der Waals surface area (Å²) in [6.07, 6.45) is -1.42. The van der Waals surface area contributed by atoms with Crippen molar-refractivity contribution in [2.24, 2.45) is 0 Å². The topological polar surface area (TPSA) is 111 Å². The number of carbonyl (C=O) groups is 4. The molecule has 9 nitrogen and oxygen atoms in total. The van der Waals surface area contributed by atoms with Crippen LogP contribution < -0.4 is 5.32 Å². The van der Waals surface area contributed by atoms with Gasteiger partial charge in [-0.3, -0.25) is 10.1 Å². The molecule has 0 saturated carbocycles. The molecule has 3 amide bonds. The van der Waals surface area contributed by atoms with Crippen LogP contribution in [0.2, 0.25) is 0 Å². The lowest BCUT2D eigenvalue weighted by Crippen LogP contribution is -2.35. The Labute approximate surface area is 150 Å². The second kappa shape index (κ2) is 7.85. The Morgan fingerprint density at radius 3 is 2.62 bits per heavy atom. The Kier molecular flexibility index (Phi) is 5.81. The Balaban J connectivity index is 1.92. The van der Waals surface area contributed by atoms with E-state index in [0.717, 1.165) is 4.90 Å². The first kappa shape index (κ1) is 19.2. The van der Waals surface area contributed by atoms with E-state index in [4.69, 9.17) is 9.47 Å². The van der Waals surface area contributed by atoms with Gasteiger partial charge < -0.3 is 14.2 Å². The van der Waals surface area contributed by atoms with Crippen molar-refractivity contribution >= 4 is 29.8 Å². The molecular formula is C17H20N2O7. The van der Waals surface area contributed by atoms with E-state index in [1.807, 2.05) is 0 Å². The number of anilines is 1. The standard InChI is InChI=1S/C17H20N2O7/c1-17(2,3)26-15(22)18-12-6-4-5-11(9-12)14(21)25-10-13(20)19-7-8-24-16(19)23/h4-6,9H,7-8,10H2,1-3H3,(H,18,22). The highest BCUT2D eigenvalue weighted by Gasteiger charge is 2.29. The van der Waals surface area contributed by atoms with Gasteiger partial charge in [0, 0.05) is 5.69 Å². The van der Waals surface area contributed by atoms with Gasteiger partial charge in [0.2, 0.25) is 0 Å². The van der Waals surface area contributed by atoms with E-state index in [0.29, 0.717) is 5.69 Å². The summed E-state index contributed by atoms with van der Waals surface area (Å²) in [6.45, 7) is 4.85. The highest BCUT2D eigenvalue weighted by molar-refractivity contribution is 5.97. The fourth-order valence-electron chi connectivity index (χ4n) is 2.05. The fraction of sp³-hybridized carbons (Fsp3) is 0.412. The van der Waals surface area contributed by atoms with Crippen LogP contribution in [0.15, 0.2) is 24.3 Å². The highest BCUT2D eigenvalue weighted by atomic mass is 16.6. The number of carbonyl (C=O) groups excluding carboxylic acids is 4. The molecule has 0 unspecified atom stereocenters. The molecule has 1 saturated heterocycles. The molecule has 0 atom stereocenters. The van der Waals surface area contributed by atoms with Crippen molar-refractivity contribution in [1.82, 2.24) is 4.90 Å². The number of hydrogen-bond donors (Lipinski definition) is 1. The summed E-state index contributed by atoms with van der Waals surface area (Å²) in [5.74, 6) is -1.43. The van der Waals surface area contributed by atoms with E-state index in [2.05, 4.69) is 10.1 Å². The van der Waals surface area contributed by atoms with Crippen molar-refractivity contribution in [3.63, 3.8) is 0 Å². The van der Waals surface area contributed by atoms with Gasteiger partial charge in [0.1, 0.15) is 12.2 Å². The maximum atomic E-state index is 12.1. The number of hydrogen-bond acceptors (Lipinski definition) is 7. The summed E-state index contributed by atoms with van der Waals surface area (Å²) < 4.78 is 14.7. The van der Waals surface area contributed by atoms with Gasteiger partial charge in [-0.1, -0.05) is 6.07 Å². The third kappa shape index (κ3) is 5.47. The molecule has 0 spiro atoms. The SMILES string of the molecule is CC(C)(C)OC(=O)Nc1cccc(C(=O)OCC(=O)N2CCOC2=O)c1. The minimum atomic E-state index is -0.765. The average Bonchev–Trinajstić information content (AvgIpc) is 2.96. The number of nitrogens with zero attached hydrogens (tertiary/aromatic N) is 1. The van der Waals surface area contributed by atoms with Gasteiger partial charge in [-0.15, -0.1) is 0 Å². The molecule has 9 heteroatoms. The Morgan fingerprint density at radius 2 is 2.00 bits per heavy atom. The monoisotopic (exact) mass is 364 g/mol. The molecule has 1 N–H and O–H groups in total. The fourth-order valence-corrected chi connectivity index (χ4v) is 2.05. The third-order valence-electron chi connectivity index (χ3n) is 3.13. The molecule has 0 aliphatic carbocycles. The van der Waals surface area contributed by atoms with Gasteiger partial charge in [-0.25, -0.2) is 19.3 Å². The van der Waals surface area contributed by atoms with Crippen molar-refractivity contribution in [3.05, 3.63) is 29.8 Å². The zero-order chi connectivity index (χ0) is 19.3. The van der Waals surface area contributed by atoms with E-state index in [1.54, 1.807) is 32.9 Å². The molecule has 2 rings (SSSR count). The predicted octanol–water partition coefficient (Wildman–Crippen LogP) is 2.17. The van der Waals surface area contributed by atoms with Crippen LogP contribution in [0.1, 0.15) is 31.1 Å². The number of rotatable bonds is 4. The Hall–Kier alpha value is -3.10. The summed E-state index contributed by atoms with van der Waals surface area (Å²) in [5, 5.41) is 2.50. The minimum Gasteiger partial charge on any atom is -0.452 e. The van der Waals surface area contributed by atoms with Gasteiger partial charge in [0.05, 0.1) is 12.1 Å². The highest BCUT2D eigenvalue weighted by Crippen LogP contribution is 2.14. The average molecular weight is 364 g/mol. The van der Waals surface area contributed by atoms with Crippen LogP contribution in [0.5, 0.6) is 0 Å². The molecule has 1 aromatic carbocycles. The zero-order valence-corrected chi connectivity index (χ0v) is 14.7. The van der Waals surface area contributed by atoms with Crippen molar-refractivity contribution in [3.8, 4) is 0 Å². The number of benzene rings is 1. The summed E-state index contributed by atoms with van der Waals surface area (Å²) in [6, 6.07) is 5.98. The molecular weight excluding hydrogens is 344 g/mol. The van der Waals surface area contributed by atoms with E-state index >= 15 is 0 Å². The molecule has 1 heterocycles. The number of cyclic esters (lactones) is 1. The summed E-state index contributed by atoms with van der Waals surface area (Å²) in [5.41, 5.74) is -0.184. The van der Waals surface area contributed by atoms with Crippen molar-refractivity contribution in [2.75, 3.05) is 25.1 Å². The first-order valence-electron chi connectivity index (χ1n) is 7.90. The summed E-state index contributed by atoms with van der Waals surface area (Å²) in [4.78, 5) is 47.8. The molecule has 26 heavy (non-hydrogen) atoms. The second-order valence-corrected chi connectivity index (χ2v) is 6.44. The molecule has 0 radical (unpaired) electrons. The minimum absolute atomic E-state index is 0.122.